The Kier molecular flexibility index (Phi) is 7.16. The van der Waals surface area contributed by atoms with Crippen LogP contribution in [0, 0.1) is 12.7 Å². The van der Waals surface area contributed by atoms with Crippen LogP contribution in [0.3, 0.4) is 0 Å². The van der Waals surface area contributed by atoms with Crippen molar-refractivity contribution in [3.8, 4) is 28.2 Å². The van der Waals surface area contributed by atoms with Crippen LogP contribution in [0.25, 0.3) is 31.8 Å². The minimum absolute atomic E-state index is 0.0543. The Balaban J connectivity index is 1.21. The van der Waals surface area contributed by atoms with Gasteiger partial charge in [-0.3, -0.25) is 5.32 Å². The lowest BCUT2D eigenvalue weighted by atomic mass is 10.00. The fourth-order valence-corrected chi connectivity index (χ4v) is 5.78. The maximum absolute atomic E-state index is 15.2. The number of fused-ring (bicyclic) bond motifs is 4. The van der Waals surface area contributed by atoms with E-state index in [2.05, 4.69) is 25.3 Å². The first-order chi connectivity index (χ1) is 20.2. The van der Waals surface area contributed by atoms with Crippen LogP contribution >= 0.6 is 11.3 Å². The number of carbonyl (C=O) groups excluding carboxylic acids is 1. The number of anilines is 1. The molecule has 0 radical (unpaired) electrons. The highest BCUT2D eigenvalue weighted by molar-refractivity contribution is 7.22. The smallest absolute Gasteiger partial charge is 0.411 e. The third-order valence-corrected chi connectivity index (χ3v) is 7.66. The van der Waals surface area contributed by atoms with Crippen LogP contribution in [-0.4, -0.2) is 68.7 Å². The molecule has 3 aromatic heterocycles. The van der Waals surface area contributed by atoms with Gasteiger partial charge < -0.3 is 24.1 Å². The summed E-state index contributed by atoms with van der Waals surface area (Å²) in [7, 11) is 1.54. The van der Waals surface area contributed by atoms with Gasteiger partial charge in [0.1, 0.15) is 23.8 Å². The molecule has 1 atom stereocenters. The lowest BCUT2D eigenvalue weighted by Crippen LogP contribution is -2.37. The number of nitrogens with zero attached hydrogens (tertiary/aromatic N) is 5. The Morgan fingerprint density at radius 3 is 2.74 bits per heavy atom. The van der Waals surface area contributed by atoms with E-state index in [-0.39, 0.29) is 37.3 Å². The number of hydrogen-bond acceptors (Lipinski definition) is 12. The van der Waals surface area contributed by atoms with E-state index in [1.807, 2.05) is 19.1 Å². The molecule has 216 valence electrons. The molecule has 12 nitrogen and oxygen atoms in total. The van der Waals surface area contributed by atoms with Gasteiger partial charge in [-0.25, -0.2) is 34.1 Å². The van der Waals surface area contributed by atoms with Crippen molar-refractivity contribution < 1.29 is 33.2 Å². The number of hydrogen-bond donors (Lipinski definition) is 2. The zero-order valence-electron chi connectivity index (χ0n) is 22.8. The van der Waals surface area contributed by atoms with E-state index in [1.54, 1.807) is 13.1 Å². The molecular weight excluding hydrogens is 567 g/mol. The number of aryl methyl sites for hydroxylation is 1. The Morgan fingerprint density at radius 2 is 1.98 bits per heavy atom. The highest BCUT2D eigenvalue weighted by Crippen LogP contribution is 2.45. The fraction of sp³-hybridized carbons (Fsp3) is 0.286. The summed E-state index contributed by atoms with van der Waals surface area (Å²) in [4.78, 5) is 34.1. The molecule has 6 rings (SSSR count). The van der Waals surface area contributed by atoms with Crippen molar-refractivity contribution in [1.29, 1.82) is 0 Å². The number of halogens is 1. The normalized spacial score (nSPS) is 15.8. The topological polar surface area (TPSA) is 151 Å². The average Bonchev–Trinajstić information content (AvgIpc) is 3.56. The number of benzene rings is 2. The van der Waals surface area contributed by atoms with E-state index in [9.17, 15) is 4.79 Å². The molecule has 0 aliphatic carbocycles. The summed E-state index contributed by atoms with van der Waals surface area (Å²) in [6.07, 6.45) is 3.79. The molecule has 1 aliphatic rings. The molecule has 14 heteroatoms. The van der Waals surface area contributed by atoms with Crippen LogP contribution in [0.15, 0.2) is 36.8 Å². The molecule has 0 saturated heterocycles. The molecule has 2 aromatic carbocycles. The van der Waals surface area contributed by atoms with Gasteiger partial charge in [-0.15, -0.1) is 11.3 Å². The quantitative estimate of drug-likeness (QED) is 0.263. The molecule has 0 saturated carbocycles. The summed E-state index contributed by atoms with van der Waals surface area (Å²) in [6, 6.07) is 5.32. The molecule has 0 spiro atoms. The second-order valence-electron chi connectivity index (χ2n) is 9.88. The second kappa shape index (κ2) is 10.9. The van der Waals surface area contributed by atoms with Crippen molar-refractivity contribution in [2.75, 3.05) is 32.2 Å². The van der Waals surface area contributed by atoms with Gasteiger partial charge in [0.15, 0.2) is 11.6 Å². The summed E-state index contributed by atoms with van der Waals surface area (Å²) in [5.41, 5.74) is 3.54. The number of aliphatic hydroxyl groups is 1. The second-order valence-corrected chi connectivity index (χ2v) is 10.9. The number of methoxy groups -OCH3 is 1. The van der Waals surface area contributed by atoms with Gasteiger partial charge in [-0.05, 0) is 31.5 Å². The number of nitrogens with one attached hydrogen (secondary N) is 1. The number of carbonyl (C=O) groups is 1. The fourth-order valence-electron chi connectivity index (χ4n) is 4.68. The van der Waals surface area contributed by atoms with Crippen LogP contribution in [0.5, 0.6) is 17.6 Å². The Bertz CT molecular complexity index is 1820. The highest BCUT2D eigenvalue weighted by Gasteiger charge is 2.40. The van der Waals surface area contributed by atoms with E-state index in [0.29, 0.717) is 39.4 Å². The van der Waals surface area contributed by atoms with Gasteiger partial charge >= 0.3 is 12.1 Å². The van der Waals surface area contributed by atoms with Crippen molar-refractivity contribution in [1.82, 2.24) is 24.9 Å². The van der Waals surface area contributed by atoms with Crippen molar-refractivity contribution in [2.24, 2.45) is 0 Å². The Hall–Kier alpha value is -4.69. The minimum atomic E-state index is -1.00. The predicted octanol–water partition coefficient (Wildman–Crippen LogP) is 4.47. The highest BCUT2D eigenvalue weighted by atomic mass is 32.1. The molecule has 1 amide bonds. The first-order valence-corrected chi connectivity index (χ1v) is 13.7. The molecule has 2 N–H and O–H groups in total. The van der Waals surface area contributed by atoms with Crippen molar-refractivity contribution in [3.63, 3.8) is 0 Å². The summed E-state index contributed by atoms with van der Waals surface area (Å²) in [5, 5.41) is 12.0. The minimum Gasteiger partial charge on any atom is -0.480 e. The van der Waals surface area contributed by atoms with Gasteiger partial charge in [-0.2, -0.15) is 0 Å². The number of ether oxygens (including phenoxy) is 4. The van der Waals surface area contributed by atoms with E-state index in [1.165, 1.54) is 36.9 Å². The van der Waals surface area contributed by atoms with Crippen molar-refractivity contribution in [3.05, 3.63) is 53.7 Å². The van der Waals surface area contributed by atoms with Gasteiger partial charge in [0, 0.05) is 23.6 Å². The van der Waals surface area contributed by atoms with Crippen LogP contribution < -0.4 is 19.5 Å². The van der Waals surface area contributed by atoms with E-state index < -0.39 is 17.5 Å². The standard InChI is InChI=1S/C28H25FN6O6S/c1-14-6-16(22-19(7-14)34-21(38-3)12-30-22)25-35-20-8-18(29)23-17(24(20)42-25)9-28(2,41-23)13-40-27(37)33-15-10-31-26(32-11-15)39-5-4-36/h6-8,10-12,36H,4-5,9,13H2,1-3H3,(H,33,37)/t28-/m1/s1. The predicted molar refractivity (Wildman–Crippen MR) is 152 cm³/mol. The van der Waals surface area contributed by atoms with Gasteiger partial charge in [0.25, 0.3) is 0 Å². The molecule has 1 aliphatic heterocycles. The monoisotopic (exact) mass is 592 g/mol. The van der Waals surface area contributed by atoms with Gasteiger partial charge in [-0.1, -0.05) is 0 Å². The number of amides is 1. The zero-order valence-corrected chi connectivity index (χ0v) is 23.6. The lowest BCUT2D eigenvalue weighted by molar-refractivity contribution is 0.0315. The first kappa shape index (κ1) is 27.5. The summed E-state index contributed by atoms with van der Waals surface area (Å²) < 4.78 is 37.8. The van der Waals surface area contributed by atoms with Gasteiger partial charge in [0.2, 0.25) is 5.88 Å². The molecule has 42 heavy (non-hydrogen) atoms. The third kappa shape index (κ3) is 5.33. The largest absolute Gasteiger partial charge is 0.480 e. The maximum Gasteiger partial charge on any atom is 0.411 e. The first-order valence-electron chi connectivity index (χ1n) is 12.9. The Morgan fingerprint density at radius 1 is 1.17 bits per heavy atom. The van der Waals surface area contributed by atoms with Crippen LogP contribution in [-0.2, 0) is 11.2 Å². The SMILES string of the molecule is COc1cnc2c(-c3nc4cc(F)c5c(c4s3)C[C@](C)(COC(=O)Nc3cnc(OCCO)nc3)O5)cc(C)cc2n1. The van der Waals surface area contributed by atoms with E-state index in [4.69, 9.17) is 29.0 Å². The summed E-state index contributed by atoms with van der Waals surface area (Å²) in [5.74, 6) is -0.0119. The lowest BCUT2D eigenvalue weighted by Gasteiger charge is -2.23. The number of rotatable bonds is 8. The van der Waals surface area contributed by atoms with E-state index in [0.717, 1.165) is 15.8 Å². The Labute approximate surface area is 242 Å². The number of aromatic nitrogens is 5. The van der Waals surface area contributed by atoms with E-state index >= 15 is 4.39 Å². The zero-order chi connectivity index (χ0) is 29.4. The molecule has 0 bridgehead atoms. The summed E-state index contributed by atoms with van der Waals surface area (Å²) in [6.45, 7) is 3.45. The number of aliphatic hydroxyl groups excluding tert-OH is 1. The third-order valence-electron chi connectivity index (χ3n) is 6.50. The number of thiazole rings is 1. The molecule has 0 unspecified atom stereocenters. The summed E-state index contributed by atoms with van der Waals surface area (Å²) >= 11 is 1.42. The van der Waals surface area contributed by atoms with Crippen molar-refractivity contribution >= 4 is 44.4 Å². The molecule has 4 heterocycles. The van der Waals surface area contributed by atoms with Crippen LogP contribution in [0.1, 0.15) is 18.1 Å². The van der Waals surface area contributed by atoms with Crippen molar-refractivity contribution in [2.45, 2.75) is 25.9 Å². The molecule has 5 aromatic rings. The van der Waals surface area contributed by atoms with Gasteiger partial charge in [0.05, 0.1) is 59.2 Å². The molecular formula is C28H25FN6O6S. The average molecular weight is 593 g/mol. The van der Waals surface area contributed by atoms with Crippen LogP contribution in [0.4, 0.5) is 14.9 Å². The molecule has 0 fully saturated rings. The van der Waals surface area contributed by atoms with Crippen LogP contribution in [0.2, 0.25) is 0 Å². The maximum atomic E-state index is 15.2.